The normalized spacial score (nSPS) is 12.3. The van der Waals surface area contributed by atoms with Gasteiger partial charge >= 0.3 is 0 Å². The minimum atomic E-state index is -4.22. The van der Waals surface area contributed by atoms with E-state index in [-0.39, 0.29) is 33.2 Å². The Morgan fingerprint density at radius 1 is 1.00 bits per heavy atom. The van der Waals surface area contributed by atoms with Crippen molar-refractivity contribution < 1.29 is 32.9 Å². The van der Waals surface area contributed by atoms with E-state index in [1.807, 2.05) is 0 Å². The maximum absolute atomic E-state index is 13.6. The lowest BCUT2D eigenvalue weighted by Gasteiger charge is -2.11. The number of hydrogen-bond acceptors (Lipinski definition) is 8. The van der Waals surface area contributed by atoms with Gasteiger partial charge in [0.25, 0.3) is 0 Å². The number of rotatable bonds is 7. The third-order valence-electron chi connectivity index (χ3n) is 4.93. The predicted octanol–water partition coefficient (Wildman–Crippen LogP) is 2.82. The number of nitrogens with one attached hydrogen (secondary N) is 1. The Bertz CT molecular complexity index is 1380. The van der Waals surface area contributed by atoms with Gasteiger partial charge in [0.1, 0.15) is 5.75 Å². The van der Waals surface area contributed by atoms with Crippen LogP contribution in [0.1, 0.15) is 16.1 Å². The Kier molecular flexibility index (Phi) is 6.07. The molecule has 1 unspecified atom stereocenters. The van der Waals surface area contributed by atoms with Gasteiger partial charge < -0.3 is 14.5 Å². The second kappa shape index (κ2) is 8.96. The van der Waals surface area contributed by atoms with Crippen LogP contribution in [0.25, 0.3) is 11.3 Å². The molecule has 0 spiro atoms. The number of ketones is 1. The zero-order valence-corrected chi connectivity index (χ0v) is 18.1. The quantitative estimate of drug-likeness (QED) is 0.314. The fourth-order valence-corrected chi connectivity index (χ4v) is 4.76. The SMILES string of the molecule is COc1ccc(C(=O)c2noc(-c3ccc([NH+]([O-])O)cc3)c2S(=O)(=O)c2ccccc2)cc1. The Labute approximate surface area is 188 Å². The molecule has 1 heterocycles. The number of aromatic nitrogens is 1. The molecule has 2 N–H and O–H groups in total. The molecule has 4 aromatic rings. The second-order valence-corrected chi connectivity index (χ2v) is 8.83. The first-order valence-electron chi connectivity index (χ1n) is 9.65. The van der Waals surface area contributed by atoms with Gasteiger partial charge in [0.15, 0.2) is 22.0 Å². The third-order valence-corrected chi connectivity index (χ3v) is 6.74. The van der Waals surface area contributed by atoms with Crippen molar-refractivity contribution in [2.45, 2.75) is 9.79 Å². The summed E-state index contributed by atoms with van der Waals surface area (Å²) in [4.78, 5) is 12.8. The average molecular weight is 466 g/mol. The van der Waals surface area contributed by atoms with E-state index in [9.17, 15) is 18.4 Å². The number of quaternary nitrogens is 1. The predicted molar refractivity (Wildman–Crippen MR) is 116 cm³/mol. The summed E-state index contributed by atoms with van der Waals surface area (Å²) in [6.45, 7) is 0. The molecule has 33 heavy (non-hydrogen) atoms. The van der Waals surface area contributed by atoms with Gasteiger partial charge in [-0.1, -0.05) is 23.4 Å². The van der Waals surface area contributed by atoms with Gasteiger partial charge in [-0.05, 0) is 48.5 Å². The van der Waals surface area contributed by atoms with E-state index >= 15 is 0 Å². The van der Waals surface area contributed by atoms with E-state index in [1.165, 1.54) is 55.6 Å². The highest BCUT2D eigenvalue weighted by atomic mass is 32.2. The van der Waals surface area contributed by atoms with Crippen LogP contribution in [-0.2, 0) is 9.84 Å². The van der Waals surface area contributed by atoms with Crippen LogP contribution in [0.2, 0.25) is 0 Å². The van der Waals surface area contributed by atoms with E-state index < -0.39 is 25.7 Å². The minimum Gasteiger partial charge on any atom is -0.595 e. The first-order valence-corrected chi connectivity index (χ1v) is 11.1. The number of carbonyl (C=O) groups excluding carboxylic acids is 1. The fraction of sp³-hybridized carbons (Fsp3) is 0.0435. The summed E-state index contributed by atoms with van der Waals surface area (Å²) >= 11 is 0. The summed E-state index contributed by atoms with van der Waals surface area (Å²) in [5, 5.41) is 23.0. The van der Waals surface area contributed by atoms with Crippen LogP contribution < -0.4 is 9.96 Å². The molecule has 0 bridgehead atoms. The molecule has 0 aliphatic rings. The summed E-state index contributed by atoms with van der Waals surface area (Å²) in [6, 6.07) is 19.2. The zero-order chi connectivity index (χ0) is 23.6. The number of hydrogen-bond donors (Lipinski definition) is 2. The Hall–Kier alpha value is -3.83. The molecule has 0 saturated heterocycles. The average Bonchev–Trinajstić information content (AvgIpc) is 3.30. The molecule has 0 saturated carbocycles. The van der Waals surface area contributed by atoms with Gasteiger partial charge in [0.2, 0.25) is 15.6 Å². The lowest BCUT2D eigenvalue weighted by atomic mass is 10.1. The van der Waals surface area contributed by atoms with Crippen molar-refractivity contribution in [1.29, 1.82) is 0 Å². The molecule has 3 aromatic carbocycles. The largest absolute Gasteiger partial charge is 0.595 e. The first kappa shape index (κ1) is 22.4. The number of methoxy groups -OCH3 is 1. The summed E-state index contributed by atoms with van der Waals surface area (Å²) in [7, 11) is -2.73. The maximum Gasteiger partial charge on any atom is 0.216 e. The van der Waals surface area contributed by atoms with Gasteiger partial charge in [0.05, 0.1) is 12.0 Å². The second-order valence-electron chi connectivity index (χ2n) is 6.95. The molecular formula is C23H18N2O7S. The zero-order valence-electron chi connectivity index (χ0n) is 17.3. The summed E-state index contributed by atoms with van der Waals surface area (Å²) < 4.78 is 37.6. The molecule has 0 aliphatic carbocycles. The Balaban J connectivity index is 1.89. The molecule has 0 fully saturated rings. The van der Waals surface area contributed by atoms with Crippen LogP contribution in [0.3, 0.4) is 0 Å². The molecule has 9 nitrogen and oxygen atoms in total. The van der Waals surface area contributed by atoms with Gasteiger partial charge in [-0.25, -0.2) is 13.6 Å². The maximum atomic E-state index is 13.6. The third kappa shape index (κ3) is 4.28. The molecule has 168 valence electrons. The fourth-order valence-electron chi connectivity index (χ4n) is 3.22. The number of ether oxygens (including phenoxy) is 1. The van der Waals surface area contributed by atoms with E-state index in [0.29, 0.717) is 5.75 Å². The van der Waals surface area contributed by atoms with Crippen molar-refractivity contribution in [2.75, 3.05) is 7.11 Å². The van der Waals surface area contributed by atoms with Crippen molar-refractivity contribution >= 4 is 21.3 Å². The molecule has 1 aromatic heterocycles. The van der Waals surface area contributed by atoms with Crippen LogP contribution in [-0.4, -0.2) is 31.7 Å². The van der Waals surface area contributed by atoms with E-state index in [0.717, 1.165) is 0 Å². The first-order chi connectivity index (χ1) is 15.8. The van der Waals surface area contributed by atoms with E-state index in [1.54, 1.807) is 30.3 Å². The van der Waals surface area contributed by atoms with Crippen LogP contribution in [0.4, 0.5) is 5.69 Å². The lowest BCUT2D eigenvalue weighted by molar-refractivity contribution is -0.991. The van der Waals surface area contributed by atoms with Crippen LogP contribution in [0, 0.1) is 5.21 Å². The molecular weight excluding hydrogens is 448 g/mol. The topological polar surface area (TPSA) is 134 Å². The van der Waals surface area contributed by atoms with Crippen molar-refractivity contribution in [3.05, 3.63) is 95.3 Å². The van der Waals surface area contributed by atoms with Crippen molar-refractivity contribution in [1.82, 2.24) is 5.16 Å². The summed E-state index contributed by atoms with van der Waals surface area (Å²) in [5.41, 5.74) is 0.0961. The minimum absolute atomic E-state index is 0.0141. The number of sulfone groups is 1. The number of benzene rings is 3. The molecule has 4 rings (SSSR count). The molecule has 0 aliphatic heterocycles. The van der Waals surface area contributed by atoms with Crippen molar-refractivity contribution in [3.8, 4) is 17.1 Å². The monoisotopic (exact) mass is 466 g/mol. The van der Waals surface area contributed by atoms with Crippen LogP contribution >= 0.6 is 0 Å². The van der Waals surface area contributed by atoms with E-state index in [4.69, 9.17) is 14.5 Å². The van der Waals surface area contributed by atoms with Crippen molar-refractivity contribution in [3.63, 3.8) is 0 Å². The smallest absolute Gasteiger partial charge is 0.216 e. The number of nitrogens with zero attached hydrogens (tertiary/aromatic N) is 1. The lowest BCUT2D eigenvalue weighted by Crippen LogP contribution is -2.99. The van der Waals surface area contributed by atoms with Gasteiger partial charge in [-0.3, -0.25) is 4.79 Å². The van der Waals surface area contributed by atoms with Gasteiger partial charge in [-0.2, -0.15) is 5.23 Å². The Morgan fingerprint density at radius 3 is 2.21 bits per heavy atom. The van der Waals surface area contributed by atoms with Crippen LogP contribution in [0.5, 0.6) is 5.75 Å². The summed E-state index contributed by atoms with van der Waals surface area (Å²) in [6.07, 6.45) is 0. The molecule has 10 heteroatoms. The standard InChI is InChI=1S/C23H18N2O7S/c1-31-18-13-9-15(10-14-18)21(26)20-23(33(29,30)19-5-3-2-4-6-19)22(32-24-20)16-7-11-17(12-8-16)25(27)28/h2-14,25,27H,1H3. The number of carbonyl (C=O) groups is 1. The molecule has 0 amide bonds. The van der Waals surface area contributed by atoms with Gasteiger partial charge in [0, 0.05) is 23.3 Å². The van der Waals surface area contributed by atoms with Crippen LogP contribution in [0.15, 0.2) is 93.2 Å². The molecule has 1 atom stereocenters. The van der Waals surface area contributed by atoms with Gasteiger partial charge in [-0.15, -0.1) is 0 Å². The Morgan fingerprint density at radius 2 is 1.64 bits per heavy atom. The summed E-state index contributed by atoms with van der Waals surface area (Å²) in [5.74, 6) is -0.278. The highest BCUT2D eigenvalue weighted by molar-refractivity contribution is 7.91. The highest BCUT2D eigenvalue weighted by Crippen LogP contribution is 2.35. The van der Waals surface area contributed by atoms with E-state index in [2.05, 4.69) is 5.16 Å². The van der Waals surface area contributed by atoms with Crippen molar-refractivity contribution in [2.24, 2.45) is 0 Å². The molecule has 0 radical (unpaired) electrons. The highest BCUT2D eigenvalue weighted by Gasteiger charge is 2.34.